The zero-order valence-electron chi connectivity index (χ0n) is 15.4. The standard InChI is InChI=1S/C18H27ClN2O4S/c1-3-21(16-9-12-26(23,24)14-16)18(22)13-20(2)10-4-11-25-17-7-5-15(19)6-8-17/h5-8,16H,3-4,9-14H2,1-2H3/t16-/m1/s1. The van der Waals surface area contributed by atoms with Crippen molar-refractivity contribution in [3.05, 3.63) is 29.3 Å². The SMILES string of the molecule is CCN(C(=O)CN(C)CCCOc1ccc(Cl)cc1)[C@@H]1CCS(=O)(=O)C1. The second-order valence-corrected chi connectivity index (χ2v) is 9.30. The van der Waals surface area contributed by atoms with Gasteiger partial charge in [-0.25, -0.2) is 8.42 Å². The van der Waals surface area contributed by atoms with Crippen molar-refractivity contribution in [2.24, 2.45) is 0 Å². The van der Waals surface area contributed by atoms with Crippen molar-refractivity contribution < 1.29 is 17.9 Å². The maximum Gasteiger partial charge on any atom is 0.237 e. The molecule has 1 aromatic rings. The number of hydrogen-bond donors (Lipinski definition) is 0. The first-order chi connectivity index (χ1) is 12.3. The first kappa shape index (κ1) is 21.0. The number of amides is 1. The van der Waals surface area contributed by atoms with Crippen LogP contribution in [0.25, 0.3) is 0 Å². The Labute approximate surface area is 161 Å². The third-order valence-electron chi connectivity index (χ3n) is 4.48. The predicted molar refractivity (Wildman–Crippen MR) is 104 cm³/mol. The third kappa shape index (κ3) is 6.45. The molecular formula is C18H27ClN2O4S. The Morgan fingerprint density at radius 3 is 2.58 bits per heavy atom. The lowest BCUT2D eigenvalue weighted by molar-refractivity contribution is -0.133. The van der Waals surface area contributed by atoms with Crippen LogP contribution in [-0.4, -0.2) is 75.0 Å². The number of carbonyl (C=O) groups is 1. The Kier molecular flexibility index (Phi) is 7.73. The van der Waals surface area contributed by atoms with E-state index in [0.29, 0.717) is 24.6 Å². The minimum atomic E-state index is -2.99. The van der Waals surface area contributed by atoms with Crippen LogP contribution in [0.1, 0.15) is 19.8 Å². The van der Waals surface area contributed by atoms with E-state index in [4.69, 9.17) is 16.3 Å². The third-order valence-corrected chi connectivity index (χ3v) is 6.48. The van der Waals surface area contributed by atoms with Gasteiger partial charge in [-0.3, -0.25) is 9.69 Å². The molecule has 1 aromatic carbocycles. The zero-order valence-corrected chi connectivity index (χ0v) is 16.9. The minimum Gasteiger partial charge on any atom is -0.494 e. The maximum atomic E-state index is 12.5. The Morgan fingerprint density at radius 2 is 2.00 bits per heavy atom. The van der Waals surface area contributed by atoms with Gasteiger partial charge in [-0.05, 0) is 51.1 Å². The van der Waals surface area contributed by atoms with Crippen molar-refractivity contribution in [1.82, 2.24) is 9.80 Å². The zero-order chi connectivity index (χ0) is 19.2. The van der Waals surface area contributed by atoms with Crippen LogP contribution in [0.15, 0.2) is 24.3 Å². The maximum absolute atomic E-state index is 12.5. The van der Waals surface area contributed by atoms with Crippen LogP contribution in [0, 0.1) is 0 Å². The first-order valence-corrected chi connectivity index (χ1v) is 11.1. The molecular weight excluding hydrogens is 376 g/mol. The van der Waals surface area contributed by atoms with Crippen LogP contribution in [-0.2, 0) is 14.6 Å². The lowest BCUT2D eigenvalue weighted by Gasteiger charge is -2.29. The monoisotopic (exact) mass is 402 g/mol. The number of ether oxygens (including phenoxy) is 1. The molecule has 0 spiro atoms. The number of carbonyl (C=O) groups excluding carboxylic acids is 1. The van der Waals surface area contributed by atoms with Gasteiger partial charge < -0.3 is 9.64 Å². The number of sulfone groups is 1. The summed E-state index contributed by atoms with van der Waals surface area (Å²) in [6, 6.07) is 7.03. The van der Waals surface area contributed by atoms with Crippen molar-refractivity contribution in [3.8, 4) is 5.75 Å². The molecule has 0 aliphatic carbocycles. The highest BCUT2D eigenvalue weighted by molar-refractivity contribution is 7.91. The van der Waals surface area contributed by atoms with Gasteiger partial charge in [-0.15, -0.1) is 0 Å². The van der Waals surface area contributed by atoms with Crippen LogP contribution in [0.2, 0.25) is 5.02 Å². The molecule has 0 unspecified atom stereocenters. The molecule has 0 saturated carbocycles. The topological polar surface area (TPSA) is 66.9 Å². The summed E-state index contributed by atoms with van der Waals surface area (Å²) in [4.78, 5) is 16.2. The molecule has 1 saturated heterocycles. The van der Waals surface area contributed by atoms with E-state index in [-0.39, 0.29) is 30.0 Å². The van der Waals surface area contributed by atoms with E-state index in [0.717, 1.165) is 18.7 Å². The number of halogens is 1. The highest BCUT2D eigenvalue weighted by atomic mass is 35.5. The summed E-state index contributed by atoms with van der Waals surface area (Å²) >= 11 is 5.83. The molecule has 1 fully saturated rings. The summed E-state index contributed by atoms with van der Waals surface area (Å²) in [6.07, 6.45) is 1.33. The van der Waals surface area contributed by atoms with Gasteiger partial charge in [-0.2, -0.15) is 0 Å². The Bertz CT molecular complexity index is 694. The molecule has 0 radical (unpaired) electrons. The van der Waals surface area contributed by atoms with Gasteiger partial charge in [0.1, 0.15) is 5.75 Å². The van der Waals surface area contributed by atoms with Gasteiger partial charge in [0.05, 0.1) is 24.7 Å². The quantitative estimate of drug-likeness (QED) is 0.591. The van der Waals surface area contributed by atoms with Crippen LogP contribution in [0.5, 0.6) is 5.75 Å². The summed E-state index contributed by atoms with van der Waals surface area (Å²) in [5.41, 5.74) is 0. The van der Waals surface area contributed by atoms with Gasteiger partial charge in [0.15, 0.2) is 9.84 Å². The van der Waals surface area contributed by atoms with Crippen LogP contribution in [0.3, 0.4) is 0 Å². The van der Waals surface area contributed by atoms with Gasteiger partial charge in [0.2, 0.25) is 5.91 Å². The van der Waals surface area contributed by atoms with Gasteiger partial charge in [-0.1, -0.05) is 11.6 Å². The van der Waals surface area contributed by atoms with Crippen molar-refractivity contribution in [3.63, 3.8) is 0 Å². The molecule has 1 amide bonds. The summed E-state index contributed by atoms with van der Waals surface area (Å²) < 4.78 is 28.9. The van der Waals surface area contributed by atoms with E-state index >= 15 is 0 Å². The molecule has 1 atom stereocenters. The minimum absolute atomic E-state index is 0.0179. The van der Waals surface area contributed by atoms with E-state index < -0.39 is 9.84 Å². The number of nitrogens with zero attached hydrogens (tertiary/aromatic N) is 2. The average molecular weight is 403 g/mol. The highest BCUT2D eigenvalue weighted by Crippen LogP contribution is 2.18. The smallest absolute Gasteiger partial charge is 0.237 e. The molecule has 0 aromatic heterocycles. The molecule has 26 heavy (non-hydrogen) atoms. The van der Waals surface area contributed by atoms with Crippen LogP contribution in [0.4, 0.5) is 0 Å². The fourth-order valence-electron chi connectivity index (χ4n) is 3.12. The van der Waals surface area contributed by atoms with Crippen molar-refractivity contribution in [2.45, 2.75) is 25.8 Å². The summed E-state index contributed by atoms with van der Waals surface area (Å²) in [5.74, 6) is 1.02. The van der Waals surface area contributed by atoms with E-state index in [1.54, 1.807) is 17.0 Å². The average Bonchev–Trinajstić information content (AvgIpc) is 2.93. The fraction of sp³-hybridized carbons (Fsp3) is 0.611. The number of rotatable bonds is 9. The molecule has 0 N–H and O–H groups in total. The Morgan fingerprint density at radius 1 is 1.31 bits per heavy atom. The second-order valence-electron chi connectivity index (χ2n) is 6.63. The lowest BCUT2D eigenvalue weighted by Crippen LogP contribution is -2.45. The predicted octanol–water partition coefficient (Wildman–Crippen LogP) is 2.08. The van der Waals surface area contributed by atoms with Gasteiger partial charge in [0, 0.05) is 24.2 Å². The Balaban J connectivity index is 1.71. The normalized spacial score (nSPS) is 18.8. The van der Waals surface area contributed by atoms with Crippen molar-refractivity contribution >= 4 is 27.3 Å². The molecule has 1 aliphatic heterocycles. The van der Waals surface area contributed by atoms with Crippen LogP contribution < -0.4 is 4.74 Å². The van der Waals surface area contributed by atoms with Crippen molar-refractivity contribution in [1.29, 1.82) is 0 Å². The summed E-state index contributed by atoms with van der Waals surface area (Å²) in [7, 11) is -1.10. The second kappa shape index (κ2) is 9.58. The van der Waals surface area contributed by atoms with E-state index in [1.165, 1.54) is 0 Å². The fourth-order valence-corrected chi connectivity index (χ4v) is 4.97. The van der Waals surface area contributed by atoms with E-state index in [1.807, 2.05) is 31.0 Å². The van der Waals surface area contributed by atoms with E-state index in [9.17, 15) is 13.2 Å². The molecule has 1 aliphatic rings. The van der Waals surface area contributed by atoms with Gasteiger partial charge >= 0.3 is 0 Å². The highest BCUT2D eigenvalue weighted by Gasteiger charge is 2.33. The molecule has 6 nitrogen and oxygen atoms in total. The van der Waals surface area contributed by atoms with Crippen LogP contribution >= 0.6 is 11.6 Å². The number of benzene rings is 1. The van der Waals surface area contributed by atoms with Crippen molar-refractivity contribution in [2.75, 3.05) is 44.8 Å². The summed E-state index contributed by atoms with van der Waals surface area (Å²) in [6.45, 7) is 3.99. The molecule has 2 rings (SSSR count). The molecule has 1 heterocycles. The lowest BCUT2D eigenvalue weighted by atomic mass is 10.2. The molecule has 8 heteroatoms. The largest absolute Gasteiger partial charge is 0.494 e. The molecule has 146 valence electrons. The molecule has 0 bridgehead atoms. The van der Waals surface area contributed by atoms with E-state index in [2.05, 4.69) is 0 Å². The van der Waals surface area contributed by atoms with Gasteiger partial charge in [0.25, 0.3) is 0 Å². The number of likely N-dealkylation sites (N-methyl/N-ethyl adjacent to an activating group) is 2. The summed E-state index contributed by atoms with van der Waals surface area (Å²) in [5, 5.41) is 0.672. The first-order valence-electron chi connectivity index (χ1n) is 8.87. The number of hydrogen-bond acceptors (Lipinski definition) is 5. The Hall–Kier alpha value is -1.31.